The average Bonchev–Trinajstić information content (AvgIpc) is 2.95. The quantitative estimate of drug-likeness (QED) is 0.429. The molecule has 0 radical (unpaired) electrons. The highest BCUT2D eigenvalue weighted by atomic mass is 32.5. The van der Waals surface area contributed by atoms with Crippen molar-refractivity contribution in [1.82, 2.24) is 9.55 Å². The molecule has 0 aromatic carbocycles. The molecule has 0 bridgehead atoms. The van der Waals surface area contributed by atoms with Crippen LogP contribution in [-0.2, 0) is 35.1 Å². The first-order chi connectivity index (χ1) is 12.7. The van der Waals surface area contributed by atoms with Crippen molar-refractivity contribution < 1.29 is 28.2 Å². The number of methoxy groups -OCH3 is 1. The van der Waals surface area contributed by atoms with Gasteiger partial charge in [0, 0.05) is 26.0 Å². The zero-order chi connectivity index (χ0) is 20.2. The molecule has 2 N–H and O–H groups in total. The zero-order valence-electron chi connectivity index (χ0n) is 15.6. The monoisotopic (exact) mass is 424 g/mol. The Balaban J connectivity index is 2.42. The first kappa shape index (κ1) is 22.4. The lowest BCUT2D eigenvalue weighted by molar-refractivity contribution is -0.0786. The Labute approximate surface area is 161 Å². The Morgan fingerprint density at radius 1 is 1.33 bits per heavy atom. The summed E-state index contributed by atoms with van der Waals surface area (Å²) in [7, 11) is 2.79. The van der Waals surface area contributed by atoms with Gasteiger partial charge in [-0.25, -0.2) is 4.79 Å². The van der Waals surface area contributed by atoms with Gasteiger partial charge in [-0.1, -0.05) is 6.92 Å². The molecule has 1 aromatic heterocycles. The van der Waals surface area contributed by atoms with Crippen LogP contribution < -0.4 is 11.2 Å². The third-order valence-electron chi connectivity index (χ3n) is 4.19. The molecule has 12 heteroatoms. The molecule has 2 heterocycles. The van der Waals surface area contributed by atoms with E-state index in [1.54, 1.807) is 6.92 Å². The number of nitrogens with one attached hydrogen (secondary N) is 1. The predicted octanol–water partition coefficient (Wildman–Crippen LogP) is 0.432. The molecule has 0 amide bonds. The number of H-pyrrole nitrogens is 1. The summed E-state index contributed by atoms with van der Waals surface area (Å²) in [5.74, 6) is 0. The molecule has 1 aliphatic heterocycles. The van der Waals surface area contributed by atoms with Gasteiger partial charge in [0.05, 0.1) is 19.3 Å². The average molecular weight is 424 g/mol. The number of aromatic amines is 1. The van der Waals surface area contributed by atoms with Crippen LogP contribution in [0.5, 0.6) is 0 Å². The number of aromatic nitrogens is 2. The van der Waals surface area contributed by atoms with E-state index in [4.69, 9.17) is 35.1 Å². The van der Waals surface area contributed by atoms with E-state index in [1.165, 1.54) is 25.0 Å². The smallest absolute Gasteiger partial charge is 0.330 e. The minimum Gasteiger partial charge on any atom is -0.382 e. The topological polar surface area (TPSA) is 121 Å². The molecule has 1 aliphatic rings. The molecular weight excluding hydrogens is 399 g/mol. The van der Waals surface area contributed by atoms with Crippen molar-refractivity contribution in [2.24, 2.45) is 0 Å². The minimum atomic E-state index is -3.50. The number of aryl methyl sites for hydroxylation is 1. The highest BCUT2D eigenvalue weighted by molar-refractivity contribution is 8.07. The Bertz CT molecular complexity index is 797. The highest BCUT2D eigenvalue weighted by Crippen LogP contribution is 2.48. The van der Waals surface area contributed by atoms with E-state index >= 15 is 0 Å². The van der Waals surface area contributed by atoms with Crippen LogP contribution in [0.1, 0.15) is 25.1 Å². The second-order valence-electron chi connectivity index (χ2n) is 6.00. The van der Waals surface area contributed by atoms with Gasteiger partial charge >= 0.3 is 12.4 Å². The molecule has 1 aromatic rings. The molecule has 10 nitrogen and oxygen atoms in total. The van der Waals surface area contributed by atoms with E-state index in [1.807, 2.05) is 6.92 Å². The van der Waals surface area contributed by atoms with Gasteiger partial charge < -0.3 is 23.6 Å². The van der Waals surface area contributed by atoms with Crippen LogP contribution in [0.3, 0.4) is 0 Å². The molecule has 0 spiro atoms. The SMILES string of the molecule is CC[C@H]1O[C@@H](n2cc(C)c(=O)[nH]c2=O)C(OCCOC)[C@H]1OP(O)(=S)OC. The standard InChI is InChI=1S/C15H25N2O8PS/c1-5-10-11(25-26(20,27)22-4)12(23-7-6-21-3)14(24-10)17-8-9(2)13(18)16-15(17)19/h8,10-12,14H,5-7H2,1-4H3,(H,20,27)(H,16,18,19)/t10-,11+,12?,14-,26?/m1/s1. The summed E-state index contributed by atoms with van der Waals surface area (Å²) in [4.78, 5) is 36.3. The third-order valence-corrected chi connectivity index (χ3v) is 5.87. The summed E-state index contributed by atoms with van der Waals surface area (Å²) in [6, 6.07) is 0. The van der Waals surface area contributed by atoms with Crippen molar-refractivity contribution >= 4 is 18.5 Å². The predicted molar refractivity (Wildman–Crippen MR) is 100 cm³/mol. The largest absolute Gasteiger partial charge is 0.382 e. The maximum Gasteiger partial charge on any atom is 0.330 e. The fourth-order valence-corrected chi connectivity index (χ4v) is 3.75. The number of nitrogens with zero attached hydrogens (tertiary/aromatic N) is 1. The summed E-state index contributed by atoms with van der Waals surface area (Å²) in [6.07, 6.45) is -1.03. The fraction of sp³-hybridized carbons (Fsp3) is 0.733. The maximum absolute atomic E-state index is 12.3. The van der Waals surface area contributed by atoms with Gasteiger partial charge in [-0.15, -0.1) is 0 Å². The van der Waals surface area contributed by atoms with Gasteiger partial charge in [-0.2, -0.15) is 0 Å². The minimum absolute atomic E-state index is 0.204. The van der Waals surface area contributed by atoms with Crippen molar-refractivity contribution in [1.29, 1.82) is 0 Å². The van der Waals surface area contributed by atoms with E-state index in [9.17, 15) is 14.5 Å². The van der Waals surface area contributed by atoms with Crippen molar-refractivity contribution in [3.05, 3.63) is 32.6 Å². The molecule has 0 aliphatic carbocycles. The normalized spacial score (nSPS) is 27.6. The summed E-state index contributed by atoms with van der Waals surface area (Å²) < 4.78 is 28.6. The molecule has 27 heavy (non-hydrogen) atoms. The van der Waals surface area contributed by atoms with Crippen LogP contribution >= 0.6 is 6.72 Å². The van der Waals surface area contributed by atoms with E-state index in [0.717, 1.165) is 0 Å². The Morgan fingerprint density at radius 2 is 2.04 bits per heavy atom. The van der Waals surface area contributed by atoms with Crippen LogP contribution in [-0.4, -0.2) is 60.2 Å². The van der Waals surface area contributed by atoms with Crippen LogP contribution in [0.15, 0.2) is 15.8 Å². The van der Waals surface area contributed by atoms with Gasteiger partial charge in [0.25, 0.3) is 5.56 Å². The van der Waals surface area contributed by atoms with Crippen LogP contribution in [0.4, 0.5) is 0 Å². The first-order valence-corrected chi connectivity index (χ1v) is 11.0. The van der Waals surface area contributed by atoms with Crippen molar-refractivity contribution in [2.75, 3.05) is 27.4 Å². The van der Waals surface area contributed by atoms with Crippen molar-refractivity contribution in [3.63, 3.8) is 0 Å². The highest BCUT2D eigenvalue weighted by Gasteiger charge is 2.49. The molecule has 0 saturated carbocycles. The summed E-state index contributed by atoms with van der Waals surface area (Å²) in [6.45, 7) is 0.456. The lowest BCUT2D eigenvalue weighted by atomic mass is 10.1. The Morgan fingerprint density at radius 3 is 2.63 bits per heavy atom. The number of ether oxygens (including phenoxy) is 3. The van der Waals surface area contributed by atoms with E-state index in [2.05, 4.69) is 4.98 Å². The third kappa shape index (κ3) is 5.33. The van der Waals surface area contributed by atoms with Crippen LogP contribution in [0.2, 0.25) is 0 Å². The molecule has 1 saturated heterocycles. The second kappa shape index (κ2) is 9.53. The van der Waals surface area contributed by atoms with Gasteiger partial charge in [0.1, 0.15) is 12.2 Å². The second-order valence-corrected chi connectivity index (χ2v) is 8.90. The van der Waals surface area contributed by atoms with Crippen LogP contribution in [0.25, 0.3) is 0 Å². The number of hydrogen-bond acceptors (Lipinski definition) is 8. The molecule has 154 valence electrons. The van der Waals surface area contributed by atoms with Gasteiger partial charge in [0.2, 0.25) is 0 Å². The fourth-order valence-electron chi connectivity index (χ4n) is 2.80. The molecule has 2 unspecified atom stereocenters. The number of rotatable bonds is 9. The van der Waals surface area contributed by atoms with E-state index in [-0.39, 0.29) is 6.61 Å². The lowest BCUT2D eigenvalue weighted by Gasteiger charge is -2.27. The summed E-state index contributed by atoms with van der Waals surface area (Å²) >= 11 is 4.96. The van der Waals surface area contributed by atoms with Gasteiger partial charge in [-0.05, 0) is 25.2 Å². The maximum atomic E-state index is 12.3. The Hall–Kier alpha value is -0.910. The van der Waals surface area contributed by atoms with Crippen LogP contribution in [0, 0.1) is 6.92 Å². The van der Waals surface area contributed by atoms with E-state index < -0.39 is 42.5 Å². The molecule has 1 fully saturated rings. The zero-order valence-corrected chi connectivity index (χ0v) is 17.3. The lowest BCUT2D eigenvalue weighted by Crippen LogP contribution is -2.41. The van der Waals surface area contributed by atoms with Crippen molar-refractivity contribution in [2.45, 2.75) is 44.8 Å². The number of hydrogen-bond donors (Lipinski definition) is 2. The molecule has 2 rings (SSSR count). The summed E-state index contributed by atoms with van der Waals surface area (Å²) in [5.41, 5.74) is -0.770. The molecular formula is C15H25N2O8PS. The van der Waals surface area contributed by atoms with E-state index in [0.29, 0.717) is 18.6 Å². The van der Waals surface area contributed by atoms with Gasteiger partial charge in [0.15, 0.2) is 6.23 Å². The molecule has 5 atom stereocenters. The first-order valence-electron chi connectivity index (χ1n) is 8.39. The van der Waals surface area contributed by atoms with Crippen molar-refractivity contribution in [3.8, 4) is 0 Å². The summed E-state index contributed by atoms with van der Waals surface area (Å²) in [5, 5.41) is 0. The van der Waals surface area contributed by atoms with Gasteiger partial charge in [-0.3, -0.25) is 18.9 Å². The Kier molecular flexibility index (Phi) is 7.90.